The molecule has 0 aromatic rings. The summed E-state index contributed by atoms with van der Waals surface area (Å²) >= 11 is 0. The third-order valence-electron chi connectivity index (χ3n) is 1.04. The maximum atomic E-state index is 10.7. The van der Waals surface area contributed by atoms with Gasteiger partial charge in [-0.25, -0.2) is 0 Å². The Morgan fingerprint density at radius 2 is 2.27 bits per heavy atom. The van der Waals surface area contributed by atoms with Crippen LogP contribution in [0.1, 0.15) is 20.3 Å². The molecule has 0 saturated carbocycles. The van der Waals surface area contributed by atoms with Crippen molar-refractivity contribution < 1.29 is 9.53 Å². The van der Waals surface area contributed by atoms with Gasteiger partial charge in [-0.2, -0.15) is 0 Å². The normalized spacial score (nSPS) is 10.7. The fourth-order valence-corrected chi connectivity index (χ4v) is 1.26. The molecule has 0 aromatic carbocycles. The minimum atomic E-state index is -0.156. The largest absolute Gasteiger partial charge is 0.465 e. The number of hydrogen-bond acceptors (Lipinski definition) is 3. The highest BCUT2D eigenvalue weighted by molar-refractivity contribution is 7.35. The summed E-state index contributed by atoms with van der Waals surface area (Å²) in [5.41, 5.74) is 0. The van der Waals surface area contributed by atoms with Crippen LogP contribution in [0.3, 0.4) is 0 Å². The minimum Gasteiger partial charge on any atom is -0.465 e. The first kappa shape index (κ1) is 10.9. The van der Waals surface area contributed by atoms with Gasteiger partial charge in [0.25, 0.3) is 0 Å². The predicted octanol–water partition coefficient (Wildman–Crippen LogP) is 1.14. The van der Waals surface area contributed by atoms with Gasteiger partial charge in [0.2, 0.25) is 0 Å². The lowest BCUT2D eigenvalue weighted by atomic mass is 10.6. The molecule has 0 aromatic heterocycles. The van der Waals surface area contributed by atoms with E-state index < -0.39 is 0 Å². The summed E-state index contributed by atoms with van der Waals surface area (Å²) in [5, 5.41) is 3.02. The van der Waals surface area contributed by atoms with Crippen molar-refractivity contribution in [2.75, 3.05) is 19.3 Å². The van der Waals surface area contributed by atoms with Crippen molar-refractivity contribution in [1.29, 1.82) is 0 Å². The van der Waals surface area contributed by atoms with Crippen LogP contribution >= 0.6 is 8.73 Å². The summed E-state index contributed by atoms with van der Waals surface area (Å²) < 4.78 is 4.73. The topological polar surface area (TPSA) is 38.3 Å². The van der Waals surface area contributed by atoms with Gasteiger partial charge in [0.1, 0.15) is 0 Å². The van der Waals surface area contributed by atoms with E-state index in [1.807, 2.05) is 6.92 Å². The zero-order valence-electron chi connectivity index (χ0n) is 7.14. The molecule has 4 heteroatoms. The van der Waals surface area contributed by atoms with Gasteiger partial charge in [0.05, 0.1) is 13.2 Å². The Balaban J connectivity index is 3.04. The maximum Gasteiger partial charge on any atom is 0.320 e. The van der Waals surface area contributed by atoms with Gasteiger partial charge in [-0.15, -0.1) is 0 Å². The smallest absolute Gasteiger partial charge is 0.320 e. The molecule has 1 atom stereocenters. The van der Waals surface area contributed by atoms with E-state index in [1.54, 1.807) is 0 Å². The van der Waals surface area contributed by atoms with Gasteiger partial charge in [-0.3, -0.25) is 9.88 Å². The fourth-order valence-electron chi connectivity index (χ4n) is 0.560. The first-order valence-electron chi connectivity index (χ1n) is 3.92. The van der Waals surface area contributed by atoms with Gasteiger partial charge in [0.15, 0.2) is 0 Å². The minimum absolute atomic E-state index is 0.156. The Labute approximate surface area is 69.7 Å². The van der Waals surface area contributed by atoms with Crippen molar-refractivity contribution in [3.63, 3.8) is 0 Å². The molecule has 0 amide bonds. The Bertz CT molecular complexity index is 109. The van der Waals surface area contributed by atoms with Crippen LogP contribution in [-0.4, -0.2) is 25.3 Å². The second-order valence-corrected chi connectivity index (χ2v) is 3.29. The number of hydrogen-bond donors (Lipinski definition) is 1. The Morgan fingerprint density at radius 3 is 2.82 bits per heavy atom. The second kappa shape index (κ2) is 7.96. The standard InChI is InChI=1S/C7H16NO2P/c1-3-5-11-8-6-7(9)10-4-2/h8,11H,3-6H2,1-2H3. The number of ether oxygens (including phenoxy) is 1. The summed E-state index contributed by atoms with van der Waals surface area (Å²) in [6.07, 6.45) is 2.30. The summed E-state index contributed by atoms with van der Waals surface area (Å²) in [4.78, 5) is 10.7. The van der Waals surface area contributed by atoms with E-state index in [0.717, 1.165) is 12.6 Å². The van der Waals surface area contributed by atoms with Crippen molar-refractivity contribution in [1.82, 2.24) is 5.09 Å². The maximum absolute atomic E-state index is 10.7. The van der Waals surface area contributed by atoms with Gasteiger partial charge in [0, 0.05) is 0 Å². The van der Waals surface area contributed by atoms with Crippen LogP contribution in [0.25, 0.3) is 0 Å². The van der Waals surface area contributed by atoms with E-state index in [-0.39, 0.29) is 5.97 Å². The Morgan fingerprint density at radius 1 is 1.55 bits per heavy atom. The van der Waals surface area contributed by atoms with E-state index in [1.165, 1.54) is 0 Å². The molecular weight excluding hydrogens is 161 g/mol. The summed E-state index contributed by atoms with van der Waals surface area (Å²) in [6, 6.07) is 0. The molecule has 0 radical (unpaired) electrons. The number of esters is 1. The van der Waals surface area contributed by atoms with E-state index in [9.17, 15) is 4.79 Å². The lowest BCUT2D eigenvalue weighted by Crippen LogP contribution is -2.18. The molecule has 1 unspecified atom stereocenters. The molecule has 0 spiro atoms. The van der Waals surface area contributed by atoms with Crippen LogP contribution in [0.5, 0.6) is 0 Å². The van der Waals surface area contributed by atoms with Crippen molar-refractivity contribution in [2.45, 2.75) is 20.3 Å². The predicted molar refractivity (Wildman–Crippen MR) is 48.1 cm³/mol. The number of carbonyl (C=O) groups excluding carboxylic acids is 1. The Hall–Kier alpha value is -0.140. The van der Waals surface area contributed by atoms with Crippen molar-refractivity contribution in [3.8, 4) is 0 Å². The summed E-state index contributed by atoms with van der Waals surface area (Å²) in [7, 11) is 0.679. The number of nitrogens with one attached hydrogen (secondary N) is 1. The molecule has 3 nitrogen and oxygen atoms in total. The van der Waals surface area contributed by atoms with Crippen molar-refractivity contribution >= 4 is 14.7 Å². The highest BCUT2D eigenvalue weighted by Gasteiger charge is 1.97. The molecule has 0 aliphatic carbocycles. The van der Waals surface area contributed by atoms with Gasteiger partial charge in [-0.05, 0) is 13.1 Å². The zero-order valence-corrected chi connectivity index (χ0v) is 8.14. The van der Waals surface area contributed by atoms with Crippen LogP contribution < -0.4 is 5.09 Å². The quantitative estimate of drug-likeness (QED) is 0.375. The lowest BCUT2D eigenvalue weighted by Gasteiger charge is -2.02. The highest BCUT2D eigenvalue weighted by Crippen LogP contribution is 2.02. The molecule has 11 heavy (non-hydrogen) atoms. The molecule has 1 N–H and O–H groups in total. The van der Waals surface area contributed by atoms with Crippen LogP contribution in [0.4, 0.5) is 0 Å². The number of carbonyl (C=O) groups is 1. The average molecular weight is 177 g/mol. The van der Waals surface area contributed by atoms with E-state index >= 15 is 0 Å². The zero-order chi connectivity index (χ0) is 8.53. The summed E-state index contributed by atoms with van der Waals surface area (Å²) in [5.74, 6) is -0.156. The lowest BCUT2D eigenvalue weighted by molar-refractivity contribution is -0.141. The molecule has 0 aliphatic heterocycles. The van der Waals surface area contributed by atoms with Crippen LogP contribution in [0.2, 0.25) is 0 Å². The first-order chi connectivity index (χ1) is 5.31. The fraction of sp³-hybridized carbons (Fsp3) is 0.857. The van der Waals surface area contributed by atoms with Crippen LogP contribution in [0, 0.1) is 0 Å². The van der Waals surface area contributed by atoms with Gasteiger partial charge in [-0.1, -0.05) is 22.1 Å². The molecule has 0 rings (SSSR count). The van der Waals surface area contributed by atoms with Crippen molar-refractivity contribution in [2.24, 2.45) is 0 Å². The molecule has 0 bridgehead atoms. The summed E-state index contributed by atoms with van der Waals surface area (Å²) in [6.45, 7) is 4.76. The molecule has 0 fully saturated rings. The van der Waals surface area contributed by atoms with Crippen LogP contribution in [0.15, 0.2) is 0 Å². The molecule has 0 saturated heterocycles. The molecular formula is C7H16NO2P. The average Bonchev–Trinajstić information content (AvgIpc) is 1.99. The molecule has 0 heterocycles. The van der Waals surface area contributed by atoms with E-state index in [0.29, 0.717) is 21.9 Å². The third-order valence-corrected chi connectivity index (χ3v) is 2.21. The van der Waals surface area contributed by atoms with Gasteiger partial charge < -0.3 is 4.74 Å². The monoisotopic (exact) mass is 177 g/mol. The van der Waals surface area contributed by atoms with Crippen LogP contribution in [-0.2, 0) is 9.53 Å². The SMILES string of the molecule is CCCPNCC(=O)OCC. The highest BCUT2D eigenvalue weighted by atomic mass is 31.1. The third kappa shape index (κ3) is 7.76. The Kier molecular flexibility index (Phi) is 7.86. The number of rotatable bonds is 6. The van der Waals surface area contributed by atoms with Crippen molar-refractivity contribution in [3.05, 3.63) is 0 Å². The molecule has 66 valence electrons. The molecule has 0 aliphatic rings. The first-order valence-corrected chi connectivity index (χ1v) is 5.13. The second-order valence-electron chi connectivity index (χ2n) is 2.09. The van der Waals surface area contributed by atoms with E-state index in [2.05, 4.69) is 12.0 Å². The van der Waals surface area contributed by atoms with Gasteiger partial charge >= 0.3 is 5.97 Å². The van der Waals surface area contributed by atoms with E-state index in [4.69, 9.17) is 4.74 Å².